The molecule has 3 unspecified atom stereocenters. The Labute approximate surface area is 116 Å². The van der Waals surface area contributed by atoms with E-state index in [2.05, 4.69) is 11.0 Å². The van der Waals surface area contributed by atoms with Crippen LogP contribution in [0, 0.1) is 17.2 Å². The van der Waals surface area contributed by atoms with E-state index in [1.54, 1.807) is 4.90 Å². The van der Waals surface area contributed by atoms with Crippen molar-refractivity contribution >= 4 is 5.91 Å². The van der Waals surface area contributed by atoms with Gasteiger partial charge in [-0.3, -0.25) is 9.69 Å². The third-order valence-electron chi connectivity index (χ3n) is 3.30. The van der Waals surface area contributed by atoms with Gasteiger partial charge in [-0.2, -0.15) is 5.26 Å². The van der Waals surface area contributed by atoms with Crippen LogP contribution in [0.15, 0.2) is 0 Å². The molecule has 3 atom stereocenters. The van der Waals surface area contributed by atoms with Gasteiger partial charge in [-0.05, 0) is 27.7 Å². The molecule has 0 spiro atoms. The number of carbonyl (C=O) groups is 1. The van der Waals surface area contributed by atoms with E-state index in [0.717, 1.165) is 13.1 Å². The maximum Gasteiger partial charge on any atom is 0.236 e. The maximum atomic E-state index is 12.2. The van der Waals surface area contributed by atoms with Crippen LogP contribution in [0.2, 0.25) is 0 Å². The van der Waals surface area contributed by atoms with Gasteiger partial charge < -0.3 is 9.64 Å². The minimum absolute atomic E-state index is 0.103. The highest BCUT2D eigenvalue weighted by atomic mass is 16.5. The van der Waals surface area contributed by atoms with Crippen molar-refractivity contribution < 1.29 is 9.53 Å². The third-order valence-corrected chi connectivity index (χ3v) is 3.30. The minimum Gasteiger partial charge on any atom is -0.373 e. The molecule has 1 heterocycles. The number of ether oxygens (including phenoxy) is 1. The molecule has 0 bridgehead atoms. The van der Waals surface area contributed by atoms with E-state index < -0.39 is 0 Å². The second-order valence-corrected chi connectivity index (χ2v) is 5.41. The molecule has 1 rings (SSSR count). The predicted molar refractivity (Wildman–Crippen MR) is 73.5 cm³/mol. The number of morpholine rings is 1. The number of nitriles is 1. The summed E-state index contributed by atoms with van der Waals surface area (Å²) in [5.74, 6) is -0.0164. The minimum atomic E-state index is -0.119. The van der Waals surface area contributed by atoms with Crippen LogP contribution in [0.1, 0.15) is 27.7 Å². The normalized spacial score (nSPS) is 25.6. The molecule has 1 fully saturated rings. The monoisotopic (exact) mass is 267 g/mol. The summed E-state index contributed by atoms with van der Waals surface area (Å²) in [7, 11) is 0. The molecular weight excluding hydrogens is 242 g/mol. The van der Waals surface area contributed by atoms with Crippen molar-refractivity contribution in [1.82, 2.24) is 9.80 Å². The summed E-state index contributed by atoms with van der Waals surface area (Å²) in [5, 5.41) is 8.84. The lowest BCUT2D eigenvalue weighted by atomic mass is 10.2. The average molecular weight is 267 g/mol. The Morgan fingerprint density at radius 3 is 2.53 bits per heavy atom. The van der Waals surface area contributed by atoms with E-state index in [-0.39, 0.29) is 24.0 Å². The Morgan fingerprint density at radius 1 is 1.47 bits per heavy atom. The van der Waals surface area contributed by atoms with Crippen LogP contribution in [0.4, 0.5) is 0 Å². The molecule has 5 nitrogen and oxygen atoms in total. The lowest BCUT2D eigenvalue weighted by molar-refractivity contribution is -0.136. The van der Waals surface area contributed by atoms with Crippen LogP contribution in [0.3, 0.4) is 0 Å². The van der Waals surface area contributed by atoms with Crippen LogP contribution < -0.4 is 0 Å². The van der Waals surface area contributed by atoms with Crippen LogP contribution in [-0.2, 0) is 9.53 Å². The Morgan fingerprint density at radius 2 is 2.05 bits per heavy atom. The first-order valence-corrected chi connectivity index (χ1v) is 7.01. The van der Waals surface area contributed by atoms with Crippen LogP contribution in [-0.4, -0.2) is 60.6 Å². The van der Waals surface area contributed by atoms with Crippen LogP contribution in [0.25, 0.3) is 0 Å². The number of nitrogens with zero attached hydrogens (tertiary/aromatic N) is 3. The molecule has 108 valence electrons. The quantitative estimate of drug-likeness (QED) is 0.748. The zero-order chi connectivity index (χ0) is 14.4. The Balaban J connectivity index is 2.50. The Kier molecular flexibility index (Phi) is 6.26. The van der Waals surface area contributed by atoms with Gasteiger partial charge in [0, 0.05) is 26.2 Å². The summed E-state index contributed by atoms with van der Waals surface area (Å²) in [6.45, 7) is 11.0. The summed E-state index contributed by atoms with van der Waals surface area (Å²) >= 11 is 0. The van der Waals surface area contributed by atoms with Gasteiger partial charge in [0.25, 0.3) is 0 Å². The molecule has 0 N–H and O–H groups in total. The standard InChI is InChI=1S/C14H25N3O2/c1-5-17(7-11(2)6-15)14(18)10-16-8-12(3)19-13(4)9-16/h11-13H,5,7-10H2,1-4H3. The number of hydrogen-bond donors (Lipinski definition) is 0. The first kappa shape index (κ1) is 15.9. The third kappa shape index (κ3) is 5.17. The molecule has 0 aromatic carbocycles. The van der Waals surface area contributed by atoms with E-state index in [0.29, 0.717) is 19.6 Å². The first-order valence-electron chi connectivity index (χ1n) is 7.01. The van der Waals surface area contributed by atoms with Gasteiger partial charge in [0.05, 0.1) is 30.7 Å². The van der Waals surface area contributed by atoms with Crippen molar-refractivity contribution in [1.29, 1.82) is 5.26 Å². The summed E-state index contributed by atoms with van der Waals surface area (Å²) < 4.78 is 5.66. The molecule has 1 aliphatic heterocycles. The van der Waals surface area contributed by atoms with Gasteiger partial charge in [-0.25, -0.2) is 0 Å². The van der Waals surface area contributed by atoms with Crippen molar-refractivity contribution in [3.8, 4) is 6.07 Å². The maximum absolute atomic E-state index is 12.2. The van der Waals surface area contributed by atoms with Crippen molar-refractivity contribution in [3.63, 3.8) is 0 Å². The van der Waals surface area contributed by atoms with Gasteiger partial charge in [-0.15, -0.1) is 0 Å². The first-order chi connectivity index (χ1) is 8.96. The van der Waals surface area contributed by atoms with Crippen LogP contribution in [0.5, 0.6) is 0 Å². The Bertz CT molecular complexity index is 330. The topological polar surface area (TPSA) is 56.6 Å². The number of carbonyl (C=O) groups excluding carboxylic acids is 1. The molecule has 1 saturated heterocycles. The highest BCUT2D eigenvalue weighted by molar-refractivity contribution is 5.78. The molecule has 5 heteroatoms. The molecule has 0 aromatic heterocycles. The summed E-state index contributed by atoms with van der Waals surface area (Å²) in [6.07, 6.45) is 0.342. The fraction of sp³-hybridized carbons (Fsp3) is 0.857. The zero-order valence-corrected chi connectivity index (χ0v) is 12.4. The highest BCUT2D eigenvalue weighted by Crippen LogP contribution is 2.11. The molecule has 1 amide bonds. The number of amides is 1. The average Bonchev–Trinajstić information content (AvgIpc) is 2.34. The lowest BCUT2D eigenvalue weighted by Crippen LogP contribution is -2.50. The fourth-order valence-electron chi connectivity index (χ4n) is 2.48. The van der Waals surface area contributed by atoms with E-state index in [4.69, 9.17) is 10.00 Å². The molecule has 0 saturated carbocycles. The van der Waals surface area contributed by atoms with Crippen molar-refractivity contribution in [3.05, 3.63) is 0 Å². The van der Waals surface area contributed by atoms with Crippen molar-refractivity contribution in [2.75, 3.05) is 32.7 Å². The lowest BCUT2D eigenvalue weighted by Gasteiger charge is -2.36. The second-order valence-electron chi connectivity index (χ2n) is 5.41. The van der Waals surface area contributed by atoms with E-state index >= 15 is 0 Å². The summed E-state index contributed by atoms with van der Waals surface area (Å²) in [6, 6.07) is 2.17. The van der Waals surface area contributed by atoms with E-state index in [9.17, 15) is 4.79 Å². The molecule has 0 aromatic rings. The second kappa shape index (κ2) is 7.46. The predicted octanol–water partition coefficient (Wildman–Crippen LogP) is 1.10. The van der Waals surface area contributed by atoms with E-state index in [1.165, 1.54) is 0 Å². The zero-order valence-electron chi connectivity index (χ0n) is 12.4. The summed E-state index contributed by atoms with van der Waals surface area (Å²) in [4.78, 5) is 16.1. The smallest absolute Gasteiger partial charge is 0.236 e. The van der Waals surface area contributed by atoms with Crippen LogP contribution >= 0.6 is 0 Å². The Hall–Kier alpha value is -1.12. The largest absolute Gasteiger partial charge is 0.373 e. The number of hydrogen-bond acceptors (Lipinski definition) is 4. The SMILES string of the molecule is CCN(CC(C)C#N)C(=O)CN1CC(C)OC(C)C1. The highest BCUT2D eigenvalue weighted by Gasteiger charge is 2.25. The fourth-order valence-corrected chi connectivity index (χ4v) is 2.48. The summed E-state index contributed by atoms with van der Waals surface area (Å²) in [5.41, 5.74) is 0. The van der Waals surface area contributed by atoms with Gasteiger partial charge in [-0.1, -0.05) is 0 Å². The number of likely N-dealkylation sites (N-methyl/N-ethyl adjacent to an activating group) is 1. The molecule has 19 heavy (non-hydrogen) atoms. The number of rotatable bonds is 5. The molecule has 0 aliphatic carbocycles. The van der Waals surface area contributed by atoms with Crippen molar-refractivity contribution in [2.24, 2.45) is 5.92 Å². The van der Waals surface area contributed by atoms with Gasteiger partial charge in [0.15, 0.2) is 0 Å². The van der Waals surface area contributed by atoms with Crippen molar-refractivity contribution in [2.45, 2.75) is 39.9 Å². The van der Waals surface area contributed by atoms with Gasteiger partial charge in [0.1, 0.15) is 0 Å². The van der Waals surface area contributed by atoms with E-state index in [1.807, 2.05) is 27.7 Å². The van der Waals surface area contributed by atoms with Gasteiger partial charge >= 0.3 is 0 Å². The molecular formula is C14H25N3O2. The van der Waals surface area contributed by atoms with Gasteiger partial charge in [0.2, 0.25) is 5.91 Å². The molecule has 1 aliphatic rings. The molecule has 0 radical (unpaired) electrons.